The molecule has 0 spiro atoms. The van der Waals surface area contributed by atoms with Gasteiger partial charge in [-0.3, -0.25) is 10.4 Å². The fourth-order valence-corrected chi connectivity index (χ4v) is 3.35. The van der Waals surface area contributed by atoms with Gasteiger partial charge in [0.25, 0.3) is 0 Å². The summed E-state index contributed by atoms with van der Waals surface area (Å²) in [5, 5.41) is 9.64. The molecule has 0 amide bonds. The maximum absolute atomic E-state index is 8.71. The highest BCUT2D eigenvalue weighted by Gasteiger charge is 2.15. The van der Waals surface area contributed by atoms with Gasteiger partial charge in [0, 0.05) is 24.6 Å². The predicted octanol–water partition coefficient (Wildman–Crippen LogP) is 3.43. The third kappa shape index (κ3) is 2.81. The van der Waals surface area contributed by atoms with Crippen LogP contribution in [0.25, 0.3) is 11.0 Å². The molecule has 0 bridgehead atoms. The molecule has 0 saturated heterocycles. The molecule has 0 fully saturated rings. The summed E-state index contributed by atoms with van der Waals surface area (Å²) in [6, 6.07) is 14.3. The molecule has 0 radical (unpaired) electrons. The van der Waals surface area contributed by atoms with E-state index >= 15 is 0 Å². The first kappa shape index (κ1) is 16.3. The van der Waals surface area contributed by atoms with Crippen LogP contribution in [0.15, 0.2) is 61.2 Å². The summed E-state index contributed by atoms with van der Waals surface area (Å²) in [5.41, 5.74) is 6.00. The minimum absolute atomic E-state index is 0.499. The van der Waals surface area contributed by atoms with Crippen molar-refractivity contribution in [2.75, 3.05) is 0 Å². The summed E-state index contributed by atoms with van der Waals surface area (Å²) < 4.78 is 4.09. The molecule has 130 valence electrons. The van der Waals surface area contributed by atoms with E-state index in [0.717, 1.165) is 34.4 Å². The van der Waals surface area contributed by atoms with Crippen LogP contribution < -0.4 is 5.49 Å². The largest absolute Gasteiger partial charge is 0.325 e. The van der Waals surface area contributed by atoms with Crippen LogP contribution in [0.3, 0.4) is 0 Å². The second kappa shape index (κ2) is 6.59. The maximum Gasteiger partial charge on any atom is 0.146 e. The van der Waals surface area contributed by atoms with E-state index < -0.39 is 0 Å². The summed E-state index contributed by atoms with van der Waals surface area (Å²) in [7, 11) is 0. The molecule has 0 unspecified atom stereocenters. The van der Waals surface area contributed by atoms with E-state index in [2.05, 4.69) is 47.7 Å². The first-order valence-electron chi connectivity index (χ1n) is 8.67. The summed E-state index contributed by atoms with van der Waals surface area (Å²) in [6.07, 6.45) is 5.32. The number of pyridine rings is 1. The second-order valence-corrected chi connectivity index (χ2v) is 6.56. The van der Waals surface area contributed by atoms with Gasteiger partial charge in [0.05, 0.1) is 18.3 Å². The van der Waals surface area contributed by atoms with Crippen molar-refractivity contribution >= 4 is 11.0 Å². The minimum Gasteiger partial charge on any atom is -0.325 e. The van der Waals surface area contributed by atoms with Crippen molar-refractivity contribution < 1.29 is 0 Å². The van der Waals surface area contributed by atoms with Gasteiger partial charge < -0.3 is 9.13 Å². The Kier molecular flexibility index (Phi) is 4.13. The zero-order valence-corrected chi connectivity index (χ0v) is 15.0. The standard InChI is InChI=1S/C21H21N5/c1-15-16(2)26(13-17-6-4-3-5-7-17)21-19(15)20(22)25(14-24-21)12-18-8-10-23-11-9-18/h3-11,14,22H,12-13H2,1-2H3. The molecule has 0 saturated carbocycles. The van der Waals surface area contributed by atoms with Gasteiger partial charge in [0.2, 0.25) is 0 Å². The van der Waals surface area contributed by atoms with E-state index in [4.69, 9.17) is 10.4 Å². The van der Waals surface area contributed by atoms with Gasteiger partial charge in [-0.2, -0.15) is 0 Å². The molecule has 5 nitrogen and oxygen atoms in total. The summed E-state index contributed by atoms with van der Waals surface area (Å²) in [5.74, 6) is 0. The third-order valence-electron chi connectivity index (χ3n) is 4.93. The normalized spacial score (nSPS) is 11.2. The molecule has 3 aromatic heterocycles. The molecule has 4 rings (SSSR count). The molecular formula is C21H21N5. The maximum atomic E-state index is 8.71. The lowest BCUT2D eigenvalue weighted by Gasteiger charge is -2.10. The molecule has 1 aromatic carbocycles. The van der Waals surface area contributed by atoms with Crippen LogP contribution >= 0.6 is 0 Å². The van der Waals surface area contributed by atoms with Crippen LogP contribution in [0.2, 0.25) is 0 Å². The first-order chi connectivity index (χ1) is 12.6. The monoisotopic (exact) mass is 343 g/mol. The van der Waals surface area contributed by atoms with Gasteiger partial charge in [0.1, 0.15) is 11.1 Å². The second-order valence-electron chi connectivity index (χ2n) is 6.56. The van der Waals surface area contributed by atoms with Crippen molar-refractivity contribution in [1.82, 2.24) is 19.1 Å². The molecule has 3 heterocycles. The van der Waals surface area contributed by atoms with Gasteiger partial charge in [-0.15, -0.1) is 0 Å². The molecule has 0 atom stereocenters. The Morgan fingerprint density at radius 3 is 2.35 bits per heavy atom. The molecule has 5 heteroatoms. The lowest BCUT2D eigenvalue weighted by atomic mass is 10.2. The highest BCUT2D eigenvalue weighted by Crippen LogP contribution is 2.22. The van der Waals surface area contributed by atoms with Crippen molar-refractivity contribution in [3.8, 4) is 0 Å². The SMILES string of the molecule is Cc1c(C)n(Cc2ccccc2)c2ncn(Cc3ccncc3)c(=N)c12. The van der Waals surface area contributed by atoms with Crippen molar-refractivity contribution in [3.63, 3.8) is 0 Å². The number of fused-ring (bicyclic) bond motifs is 1. The lowest BCUT2D eigenvalue weighted by Crippen LogP contribution is -2.22. The van der Waals surface area contributed by atoms with E-state index in [-0.39, 0.29) is 0 Å². The van der Waals surface area contributed by atoms with Crippen molar-refractivity contribution in [2.24, 2.45) is 0 Å². The average Bonchev–Trinajstić information content (AvgIpc) is 2.91. The van der Waals surface area contributed by atoms with E-state index in [9.17, 15) is 0 Å². The molecule has 0 aliphatic heterocycles. The van der Waals surface area contributed by atoms with Crippen molar-refractivity contribution in [2.45, 2.75) is 26.9 Å². The van der Waals surface area contributed by atoms with E-state index in [0.29, 0.717) is 12.0 Å². The van der Waals surface area contributed by atoms with Crippen LogP contribution in [0.5, 0.6) is 0 Å². The van der Waals surface area contributed by atoms with Crippen LogP contribution in [0.1, 0.15) is 22.4 Å². The third-order valence-corrected chi connectivity index (χ3v) is 4.93. The van der Waals surface area contributed by atoms with Gasteiger partial charge in [0.15, 0.2) is 0 Å². The summed E-state index contributed by atoms with van der Waals surface area (Å²) >= 11 is 0. The van der Waals surface area contributed by atoms with E-state index in [1.165, 1.54) is 5.56 Å². The number of nitrogens with one attached hydrogen (secondary N) is 1. The first-order valence-corrected chi connectivity index (χ1v) is 8.67. The summed E-state index contributed by atoms with van der Waals surface area (Å²) in [6.45, 7) is 5.56. The Bertz CT molecular complexity index is 1110. The van der Waals surface area contributed by atoms with E-state index in [1.807, 2.05) is 22.8 Å². The minimum atomic E-state index is 0.499. The fraction of sp³-hybridized carbons (Fsp3) is 0.190. The quantitative estimate of drug-likeness (QED) is 0.617. The van der Waals surface area contributed by atoms with Gasteiger partial charge in [-0.25, -0.2) is 4.98 Å². The number of hydrogen-bond donors (Lipinski definition) is 1. The zero-order chi connectivity index (χ0) is 18.1. The smallest absolute Gasteiger partial charge is 0.146 e. The Morgan fingerprint density at radius 1 is 0.923 bits per heavy atom. The van der Waals surface area contributed by atoms with Crippen LogP contribution in [0, 0.1) is 19.3 Å². The predicted molar refractivity (Wildman–Crippen MR) is 102 cm³/mol. The molecular weight excluding hydrogens is 322 g/mol. The highest BCUT2D eigenvalue weighted by atomic mass is 15.1. The molecule has 26 heavy (non-hydrogen) atoms. The number of benzene rings is 1. The summed E-state index contributed by atoms with van der Waals surface area (Å²) in [4.78, 5) is 8.76. The van der Waals surface area contributed by atoms with Gasteiger partial charge in [-0.1, -0.05) is 30.3 Å². The fourth-order valence-electron chi connectivity index (χ4n) is 3.35. The van der Waals surface area contributed by atoms with Gasteiger partial charge >= 0.3 is 0 Å². The van der Waals surface area contributed by atoms with Crippen LogP contribution in [-0.4, -0.2) is 19.1 Å². The van der Waals surface area contributed by atoms with Crippen LogP contribution in [0.4, 0.5) is 0 Å². The number of rotatable bonds is 4. The van der Waals surface area contributed by atoms with Crippen molar-refractivity contribution in [1.29, 1.82) is 5.41 Å². The number of aryl methyl sites for hydroxylation is 1. The Hall–Kier alpha value is -3.21. The average molecular weight is 343 g/mol. The zero-order valence-electron chi connectivity index (χ0n) is 15.0. The number of nitrogens with zero attached hydrogens (tertiary/aromatic N) is 4. The van der Waals surface area contributed by atoms with Gasteiger partial charge in [-0.05, 0) is 42.7 Å². The van der Waals surface area contributed by atoms with Crippen LogP contribution in [-0.2, 0) is 13.1 Å². The number of hydrogen-bond acceptors (Lipinski definition) is 3. The highest BCUT2D eigenvalue weighted by molar-refractivity contribution is 5.80. The van der Waals surface area contributed by atoms with E-state index in [1.54, 1.807) is 18.7 Å². The molecule has 0 aliphatic rings. The Morgan fingerprint density at radius 2 is 1.62 bits per heavy atom. The lowest BCUT2D eigenvalue weighted by molar-refractivity contribution is 0.715. The Balaban J connectivity index is 1.81. The van der Waals surface area contributed by atoms with Crippen molar-refractivity contribution in [3.05, 3.63) is 89.1 Å². The Labute approximate surface area is 152 Å². The number of aromatic nitrogens is 4. The molecule has 4 aromatic rings. The molecule has 0 aliphatic carbocycles. The topological polar surface area (TPSA) is 59.5 Å². The molecule has 1 N–H and O–H groups in total.